The summed E-state index contributed by atoms with van der Waals surface area (Å²) >= 11 is 5.88. The van der Waals surface area contributed by atoms with Crippen molar-refractivity contribution in [2.45, 2.75) is 31.1 Å². The van der Waals surface area contributed by atoms with Crippen LogP contribution >= 0.6 is 11.6 Å². The zero-order valence-corrected chi connectivity index (χ0v) is 12.8. The molecule has 1 fully saturated rings. The number of hydrazine groups is 1. The van der Waals surface area contributed by atoms with Gasteiger partial charge >= 0.3 is 0 Å². The summed E-state index contributed by atoms with van der Waals surface area (Å²) < 4.78 is 26.9. The summed E-state index contributed by atoms with van der Waals surface area (Å²) in [6.07, 6.45) is 4.54. The Kier molecular flexibility index (Phi) is 4.85. The fourth-order valence-corrected chi connectivity index (χ4v) is 3.87. The zero-order valence-electron chi connectivity index (χ0n) is 11.3. The van der Waals surface area contributed by atoms with Gasteiger partial charge in [-0.1, -0.05) is 24.9 Å². The molecule has 0 bridgehead atoms. The molecule has 20 heavy (non-hydrogen) atoms. The van der Waals surface area contributed by atoms with Crippen LogP contribution in [0.2, 0.25) is 5.02 Å². The van der Waals surface area contributed by atoms with Gasteiger partial charge in [0.15, 0.2) is 5.82 Å². The highest BCUT2D eigenvalue weighted by Crippen LogP contribution is 2.30. The Morgan fingerprint density at radius 1 is 1.50 bits per heavy atom. The number of hydrogen-bond donors (Lipinski definition) is 3. The van der Waals surface area contributed by atoms with Crippen molar-refractivity contribution in [1.29, 1.82) is 0 Å². The van der Waals surface area contributed by atoms with E-state index in [0.29, 0.717) is 18.4 Å². The average molecular weight is 319 g/mol. The maximum absolute atomic E-state index is 12.2. The summed E-state index contributed by atoms with van der Waals surface area (Å²) in [5.74, 6) is 6.53. The predicted octanol–water partition coefficient (Wildman–Crippen LogP) is 1.74. The predicted molar refractivity (Wildman–Crippen MR) is 78.8 cm³/mol. The van der Waals surface area contributed by atoms with E-state index in [1.54, 1.807) is 0 Å². The van der Waals surface area contributed by atoms with Gasteiger partial charge in [-0.15, -0.1) is 0 Å². The van der Waals surface area contributed by atoms with Crippen LogP contribution in [0, 0.1) is 11.8 Å². The third kappa shape index (κ3) is 3.60. The Labute approximate surface area is 124 Å². The summed E-state index contributed by atoms with van der Waals surface area (Å²) in [6.45, 7) is 2.65. The Hall–Kier alpha value is -0.890. The first kappa shape index (κ1) is 15.5. The second-order valence-electron chi connectivity index (χ2n) is 5.28. The lowest BCUT2D eigenvalue weighted by atomic mass is 10.1. The molecule has 4 N–H and O–H groups in total. The Morgan fingerprint density at radius 3 is 2.80 bits per heavy atom. The van der Waals surface area contributed by atoms with Gasteiger partial charge in [0.2, 0.25) is 10.0 Å². The number of aromatic nitrogens is 1. The first-order valence-electron chi connectivity index (χ1n) is 6.54. The molecule has 1 aliphatic carbocycles. The summed E-state index contributed by atoms with van der Waals surface area (Å²) in [7, 11) is -3.58. The number of pyridine rings is 1. The molecule has 112 valence electrons. The molecule has 0 radical (unpaired) electrons. The topological polar surface area (TPSA) is 97.1 Å². The van der Waals surface area contributed by atoms with Gasteiger partial charge in [-0.25, -0.2) is 24.0 Å². The van der Waals surface area contributed by atoms with Crippen LogP contribution in [0.3, 0.4) is 0 Å². The Bertz CT molecular complexity index is 579. The molecule has 0 saturated heterocycles. The van der Waals surface area contributed by atoms with Crippen LogP contribution in [-0.2, 0) is 10.0 Å². The minimum absolute atomic E-state index is 0.0487. The molecule has 1 aliphatic rings. The van der Waals surface area contributed by atoms with E-state index in [-0.39, 0.29) is 15.7 Å². The van der Waals surface area contributed by atoms with Gasteiger partial charge in [0.05, 0.1) is 5.02 Å². The number of nitrogens with two attached hydrogens (primary N) is 1. The molecule has 0 aromatic carbocycles. The number of nitrogen functional groups attached to an aromatic ring is 1. The maximum Gasteiger partial charge on any atom is 0.242 e. The van der Waals surface area contributed by atoms with Gasteiger partial charge in [-0.05, 0) is 30.7 Å². The quantitative estimate of drug-likeness (QED) is 0.567. The lowest BCUT2D eigenvalue weighted by Crippen LogP contribution is -2.28. The standard InChI is InChI=1S/C12H19ClN4O2S/c1-8-2-3-9(4-8)6-16-20(18,19)10-5-11(13)12(17-14)15-7-10/h5,7-9,16H,2-4,6,14H2,1H3,(H,15,17). The monoisotopic (exact) mass is 318 g/mol. The van der Waals surface area contributed by atoms with Crippen LogP contribution in [0.5, 0.6) is 0 Å². The van der Waals surface area contributed by atoms with Crippen LogP contribution < -0.4 is 16.0 Å². The van der Waals surface area contributed by atoms with Gasteiger partial charge in [-0.3, -0.25) is 0 Å². The van der Waals surface area contributed by atoms with Gasteiger partial charge < -0.3 is 5.43 Å². The second-order valence-corrected chi connectivity index (χ2v) is 7.46. The van der Waals surface area contributed by atoms with Crippen LogP contribution in [0.25, 0.3) is 0 Å². The van der Waals surface area contributed by atoms with Crippen molar-refractivity contribution in [2.24, 2.45) is 17.7 Å². The third-order valence-corrected chi connectivity index (χ3v) is 5.31. The molecule has 2 rings (SSSR count). The molecule has 6 nitrogen and oxygen atoms in total. The van der Waals surface area contributed by atoms with Crippen molar-refractivity contribution >= 4 is 27.4 Å². The van der Waals surface area contributed by atoms with E-state index < -0.39 is 10.0 Å². The van der Waals surface area contributed by atoms with Gasteiger partial charge in [0.1, 0.15) is 4.90 Å². The lowest BCUT2D eigenvalue weighted by molar-refractivity contribution is 0.498. The van der Waals surface area contributed by atoms with Crippen molar-refractivity contribution in [1.82, 2.24) is 9.71 Å². The number of nitrogens with zero attached hydrogens (tertiary/aromatic N) is 1. The van der Waals surface area contributed by atoms with E-state index in [4.69, 9.17) is 17.4 Å². The highest BCUT2D eigenvalue weighted by atomic mass is 35.5. The third-order valence-electron chi connectivity index (χ3n) is 3.63. The lowest BCUT2D eigenvalue weighted by Gasteiger charge is -2.12. The summed E-state index contributed by atoms with van der Waals surface area (Å²) in [6, 6.07) is 1.34. The molecule has 1 heterocycles. The smallest absolute Gasteiger partial charge is 0.242 e. The first-order valence-corrected chi connectivity index (χ1v) is 8.40. The maximum atomic E-state index is 12.2. The number of sulfonamides is 1. The number of anilines is 1. The number of nitrogens with one attached hydrogen (secondary N) is 2. The molecule has 2 unspecified atom stereocenters. The fraction of sp³-hybridized carbons (Fsp3) is 0.583. The summed E-state index contributed by atoms with van der Waals surface area (Å²) in [5, 5.41) is 0.171. The van der Waals surface area contributed by atoms with Gasteiger partial charge in [0, 0.05) is 12.7 Å². The highest BCUT2D eigenvalue weighted by molar-refractivity contribution is 7.89. The van der Waals surface area contributed by atoms with Gasteiger partial charge in [0.25, 0.3) is 0 Å². The average Bonchev–Trinajstić information content (AvgIpc) is 2.82. The van der Waals surface area contributed by atoms with Crippen molar-refractivity contribution < 1.29 is 8.42 Å². The zero-order chi connectivity index (χ0) is 14.8. The van der Waals surface area contributed by atoms with E-state index in [2.05, 4.69) is 22.1 Å². The summed E-state index contributed by atoms with van der Waals surface area (Å²) in [4.78, 5) is 3.92. The SMILES string of the molecule is CC1CCC(CNS(=O)(=O)c2cnc(NN)c(Cl)c2)C1. The van der Waals surface area contributed by atoms with E-state index in [9.17, 15) is 8.42 Å². The van der Waals surface area contributed by atoms with Gasteiger partial charge in [-0.2, -0.15) is 0 Å². The largest absolute Gasteiger partial charge is 0.307 e. The van der Waals surface area contributed by atoms with Crippen LogP contribution in [0.15, 0.2) is 17.2 Å². The van der Waals surface area contributed by atoms with Crippen molar-refractivity contribution in [3.05, 3.63) is 17.3 Å². The molecule has 1 saturated carbocycles. The van der Waals surface area contributed by atoms with E-state index >= 15 is 0 Å². The second kappa shape index (κ2) is 6.26. The molecule has 0 aliphatic heterocycles. The van der Waals surface area contributed by atoms with Crippen molar-refractivity contribution in [3.8, 4) is 0 Å². The molecule has 0 spiro atoms. The van der Waals surface area contributed by atoms with Crippen molar-refractivity contribution in [2.75, 3.05) is 12.0 Å². The highest BCUT2D eigenvalue weighted by Gasteiger charge is 2.24. The molecular weight excluding hydrogens is 300 g/mol. The fourth-order valence-electron chi connectivity index (χ4n) is 2.49. The van der Waals surface area contributed by atoms with E-state index in [0.717, 1.165) is 19.3 Å². The minimum Gasteiger partial charge on any atom is -0.307 e. The number of hydrogen-bond acceptors (Lipinski definition) is 5. The minimum atomic E-state index is -3.58. The Balaban J connectivity index is 2.04. The molecular formula is C12H19ClN4O2S. The molecule has 0 amide bonds. The molecule has 8 heteroatoms. The molecule has 1 aromatic heterocycles. The van der Waals surface area contributed by atoms with Crippen LogP contribution in [-0.4, -0.2) is 19.9 Å². The normalized spacial score (nSPS) is 22.9. The van der Waals surface area contributed by atoms with Crippen molar-refractivity contribution in [3.63, 3.8) is 0 Å². The van der Waals surface area contributed by atoms with E-state index in [1.165, 1.54) is 12.3 Å². The Morgan fingerprint density at radius 2 is 2.25 bits per heavy atom. The van der Waals surface area contributed by atoms with Crippen LogP contribution in [0.4, 0.5) is 5.82 Å². The molecule has 2 atom stereocenters. The number of halogens is 1. The van der Waals surface area contributed by atoms with E-state index in [1.807, 2.05) is 0 Å². The molecule has 1 aromatic rings. The van der Waals surface area contributed by atoms with Crippen LogP contribution in [0.1, 0.15) is 26.2 Å². The summed E-state index contributed by atoms with van der Waals surface area (Å²) in [5.41, 5.74) is 2.30. The first-order chi connectivity index (χ1) is 9.42. The number of rotatable bonds is 5.